The highest BCUT2D eigenvalue weighted by Crippen LogP contribution is 2.27. The third-order valence-electron chi connectivity index (χ3n) is 4.03. The molecule has 1 amide bonds. The SMILES string of the molecule is COc1cccc(C(=O)NC2=Nc3ccccc3C3=NCCN23)c1. The van der Waals surface area contributed by atoms with E-state index in [0.717, 1.165) is 17.1 Å². The number of ether oxygens (including phenoxy) is 1. The van der Waals surface area contributed by atoms with Gasteiger partial charge in [0.1, 0.15) is 11.6 Å². The van der Waals surface area contributed by atoms with Gasteiger partial charge in [0.25, 0.3) is 5.91 Å². The van der Waals surface area contributed by atoms with Crippen LogP contribution in [0.25, 0.3) is 0 Å². The summed E-state index contributed by atoms with van der Waals surface area (Å²) in [5.74, 6) is 1.79. The molecule has 0 fully saturated rings. The Balaban J connectivity index is 1.66. The van der Waals surface area contributed by atoms with Crippen LogP contribution in [-0.4, -0.2) is 42.8 Å². The van der Waals surface area contributed by atoms with Gasteiger partial charge in [-0.15, -0.1) is 0 Å². The number of hydrogen-bond acceptors (Lipinski definition) is 5. The molecule has 0 saturated carbocycles. The summed E-state index contributed by atoms with van der Waals surface area (Å²) >= 11 is 0. The lowest BCUT2D eigenvalue weighted by atomic mass is 10.1. The van der Waals surface area contributed by atoms with Gasteiger partial charge in [-0.2, -0.15) is 0 Å². The van der Waals surface area contributed by atoms with Gasteiger partial charge in [0.2, 0.25) is 5.96 Å². The summed E-state index contributed by atoms with van der Waals surface area (Å²) in [6.45, 7) is 1.40. The number of fused-ring (bicyclic) bond motifs is 3. The molecule has 2 heterocycles. The van der Waals surface area contributed by atoms with Gasteiger partial charge < -0.3 is 4.74 Å². The van der Waals surface area contributed by atoms with Gasteiger partial charge >= 0.3 is 0 Å². The molecule has 6 heteroatoms. The lowest BCUT2D eigenvalue weighted by molar-refractivity contribution is 0.0973. The van der Waals surface area contributed by atoms with Crippen molar-refractivity contribution in [2.24, 2.45) is 9.98 Å². The number of para-hydroxylation sites is 1. The standard InChI is InChI=1S/C18H16N4O2/c1-24-13-6-4-5-12(11-13)17(23)21-18-20-15-8-3-2-7-14(15)16-19-9-10-22(16)18/h2-8,11H,9-10H2,1H3,(H,20,21,23). The van der Waals surface area contributed by atoms with Crippen LogP contribution in [0.15, 0.2) is 58.5 Å². The van der Waals surface area contributed by atoms with Crippen molar-refractivity contribution in [2.45, 2.75) is 0 Å². The Bertz CT molecular complexity index is 873. The second-order valence-corrected chi connectivity index (χ2v) is 5.50. The van der Waals surface area contributed by atoms with E-state index in [1.54, 1.807) is 31.4 Å². The predicted octanol–water partition coefficient (Wildman–Crippen LogP) is 2.19. The first-order valence-corrected chi connectivity index (χ1v) is 7.72. The van der Waals surface area contributed by atoms with E-state index in [0.29, 0.717) is 30.4 Å². The number of methoxy groups -OCH3 is 1. The molecule has 0 saturated heterocycles. The van der Waals surface area contributed by atoms with E-state index in [2.05, 4.69) is 15.3 Å². The number of nitrogens with zero attached hydrogens (tertiary/aromatic N) is 3. The lowest BCUT2D eigenvalue weighted by Crippen LogP contribution is -2.47. The molecule has 0 aliphatic carbocycles. The van der Waals surface area contributed by atoms with Gasteiger partial charge in [0.15, 0.2) is 0 Å². The first-order valence-electron chi connectivity index (χ1n) is 7.72. The molecule has 2 aliphatic rings. The van der Waals surface area contributed by atoms with Crippen molar-refractivity contribution >= 4 is 23.4 Å². The number of hydrogen-bond donors (Lipinski definition) is 1. The van der Waals surface area contributed by atoms with E-state index >= 15 is 0 Å². The predicted molar refractivity (Wildman–Crippen MR) is 92.1 cm³/mol. The van der Waals surface area contributed by atoms with Crippen LogP contribution in [0.5, 0.6) is 5.75 Å². The quantitative estimate of drug-likeness (QED) is 0.922. The molecule has 0 atom stereocenters. The monoisotopic (exact) mass is 320 g/mol. The molecule has 1 N–H and O–H groups in total. The van der Waals surface area contributed by atoms with E-state index < -0.39 is 0 Å². The van der Waals surface area contributed by atoms with Crippen LogP contribution in [0.1, 0.15) is 15.9 Å². The molecule has 24 heavy (non-hydrogen) atoms. The average molecular weight is 320 g/mol. The Morgan fingerprint density at radius 2 is 2.08 bits per heavy atom. The summed E-state index contributed by atoms with van der Waals surface area (Å²) in [4.78, 5) is 23.7. The minimum Gasteiger partial charge on any atom is -0.497 e. The average Bonchev–Trinajstić information content (AvgIpc) is 3.12. The van der Waals surface area contributed by atoms with Crippen molar-refractivity contribution in [3.63, 3.8) is 0 Å². The zero-order chi connectivity index (χ0) is 16.5. The minimum absolute atomic E-state index is 0.224. The van der Waals surface area contributed by atoms with E-state index in [1.165, 1.54) is 0 Å². The summed E-state index contributed by atoms with van der Waals surface area (Å²) in [5.41, 5.74) is 2.33. The zero-order valence-electron chi connectivity index (χ0n) is 13.2. The van der Waals surface area contributed by atoms with E-state index in [4.69, 9.17) is 4.74 Å². The fourth-order valence-corrected chi connectivity index (χ4v) is 2.85. The van der Waals surface area contributed by atoms with Gasteiger partial charge in [-0.1, -0.05) is 18.2 Å². The van der Waals surface area contributed by atoms with E-state index in [9.17, 15) is 4.79 Å². The van der Waals surface area contributed by atoms with Crippen molar-refractivity contribution in [1.82, 2.24) is 10.2 Å². The Labute approximate surface area is 139 Å². The second kappa shape index (κ2) is 5.81. The molecule has 120 valence electrons. The van der Waals surface area contributed by atoms with Crippen molar-refractivity contribution < 1.29 is 9.53 Å². The fourth-order valence-electron chi connectivity index (χ4n) is 2.85. The van der Waals surface area contributed by atoms with Crippen LogP contribution < -0.4 is 10.1 Å². The molecular weight excluding hydrogens is 304 g/mol. The number of benzene rings is 2. The Morgan fingerprint density at radius 1 is 1.21 bits per heavy atom. The third-order valence-corrected chi connectivity index (χ3v) is 4.03. The van der Waals surface area contributed by atoms with E-state index in [1.807, 2.05) is 29.2 Å². The van der Waals surface area contributed by atoms with Crippen molar-refractivity contribution in [1.29, 1.82) is 0 Å². The van der Waals surface area contributed by atoms with Gasteiger partial charge in [-0.05, 0) is 30.3 Å². The summed E-state index contributed by atoms with van der Waals surface area (Å²) in [6, 6.07) is 14.8. The normalized spacial score (nSPS) is 15.1. The fraction of sp³-hybridized carbons (Fsp3) is 0.167. The van der Waals surface area contributed by atoms with E-state index in [-0.39, 0.29) is 5.91 Å². The van der Waals surface area contributed by atoms with Crippen LogP contribution in [0.2, 0.25) is 0 Å². The maximum absolute atomic E-state index is 12.6. The largest absolute Gasteiger partial charge is 0.497 e. The maximum Gasteiger partial charge on any atom is 0.258 e. The summed E-state index contributed by atoms with van der Waals surface area (Å²) in [6.07, 6.45) is 0. The molecule has 6 nitrogen and oxygen atoms in total. The highest BCUT2D eigenvalue weighted by Gasteiger charge is 2.30. The Morgan fingerprint density at radius 3 is 2.96 bits per heavy atom. The molecule has 4 rings (SSSR count). The number of nitrogens with one attached hydrogen (secondary N) is 1. The molecule has 0 radical (unpaired) electrons. The van der Waals surface area contributed by atoms with Gasteiger partial charge in [0.05, 0.1) is 19.3 Å². The number of amides is 1. The first-order chi connectivity index (χ1) is 11.8. The highest BCUT2D eigenvalue weighted by molar-refractivity contribution is 6.19. The molecule has 2 aromatic rings. The van der Waals surface area contributed by atoms with Crippen molar-refractivity contribution in [3.8, 4) is 5.75 Å². The first kappa shape index (κ1) is 14.4. The Kier molecular flexibility index (Phi) is 3.49. The number of carbonyl (C=O) groups is 1. The molecule has 2 aliphatic heterocycles. The molecule has 0 spiro atoms. The highest BCUT2D eigenvalue weighted by atomic mass is 16.5. The molecule has 0 unspecified atom stereocenters. The Hall–Kier alpha value is -3.15. The van der Waals surface area contributed by atoms with Crippen LogP contribution in [0, 0.1) is 0 Å². The van der Waals surface area contributed by atoms with Gasteiger partial charge in [-0.3, -0.25) is 20.0 Å². The van der Waals surface area contributed by atoms with Crippen LogP contribution >= 0.6 is 0 Å². The van der Waals surface area contributed by atoms with Crippen molar-refractivity contribution in [2.75, 3.05) is 20.2 Å². The van der Waals surface area contributed by atoms with Crippen LogP contribution in [0.4, 0.5) is 5.69 Å². The third kappa shape index (κ3) is 2.42. The molecular formula is C18H16N4O2. The molecule has 0 aromatic heterocycles. The maximum atomic E-state index is 12.6. The summed E-state index contributed by atoms with van der Waals surface area (Å²) < 4.78 is 5.17. The van der Waals surface area contributed by atoms with Crippen LogP contribution in [-0.2, 0) is 0 Å². The number of amidine groups is 1. The molecule has 2 aromatic carbocycles. The lowest BCUT2D eigenvalue weighted by Gasteiger charge is -2.27. The number of aliphatic imine (C=N–C) groups is 2. The number of rotatable bonds is 2. The number of guanidine groups is 1. The second-order valence-electron chi connectivity index (χ2n) is 5.50. The smallest absolute Gasteiger partial charge is 0.258 e. The topological polar surface area (TPSA) is 66.3 Å². The zero-order valence-corrected chi connectivity index (χ0v) is 13.2. The summed E-state index contributed by atoms with van der Waals surface area (Å²) in [7, 11) is 1.58. The summed E-state index contributed by atoms with van der Waals surface area (Å²) in [5, 5.41) is 2.90. The van der Waals surface area contributed by atoms with Gasteiger partial charge in [0, 0.05) is 17.7 Å². The van der Waals surface area contributed by atoms with Crippen LogP contribution in [0.3, 0.4) is 0 Å². The van der Waals surface area contributed by atoms with Crippen molar-refractivity contribution in [3.05, 3.63) is 59.7 Å². The molecule has 0 bridgehead atoms. The minimum atomic E-state index is -0.224. The number of carbonyl (C=O) groups excluding carboxylic acids is 1. The van der Waals surface area contributed by atoms with Gasteiger partial charge in [-0.25, -0.2) is 4.99 Å².